The largest absolute Gasteiger partial charge is 0.416 e. The highest BCUT2D eigenvalue weighted by atomic mass is 32.2. The molecule has 0 radical (unpaired) electrons. The molecule has 126 valence electrons. The Morgan fingerprint density at radius 3 is 2.46 bits per heavy atom. The summed E-state index contributed by atoms with van der Waals surface area (Å²) in [6, 6.07) is 14.8. The second-order valence-electron chi connectivity index (χ2n) is 5.56. The van der Waals surface area contributed by atoms with Gasteiger partial charge >= 0.3 is 6.18 Å². The first-order chi connectivity index (χ1) is 11.5. The van der Waals surface area contributed by atoms with Gasteiger partial charge in [-0.05, 0) is 17.2 Å². The third-order valence-corrected chi connectivity index (χ3v) is 5.18. The summed E-state index contributed by atoms with van der Waals surface area (Å²) in [5.74, 6) is 0.491. The van der Waals surface area contributed by atoms with Crippen LogP contribution in [0.3, 0.4) is 0 Å². The van der Waals surface area contributed by atoms with Crippen molar-refractivity contribution in [1.29, 1.82) is 0 Å². The zero-order valence-electron chi connectivity index (χ0n) is 12.8. The van der Waals surface area contributed by atoms with E-state index in [-0.39, 0.29) is 17.9 Å². The Morgan fingerprint density at radius 2 is 1.75 bits per heavy atom. The number of thioether (sulfide) groups is 1. The van der Waals surface area contributed by atoms with E-state index in [1.54, 1.807) is 11.0 Å². The third kappa shape index (κ3) is 3.59. The summed E-state index contributed by atoms with van der Waals surface area (Å²) in [5.41, 5.74) is 0.359. The van der Waals surface area contributed by atoms with Crippen LogP contribution in [0, 0.1) is 0 Å². The first kappa shape index (κ1) is 16.9. The van der Waals surface area contributed by atoms with Crippen LogP contribution in [0.2, 0.25) is 0 Å². The average molecular weight is 351 g/mol. The van der Waals surface area contributed by atoms with Crippen molar-refractivity contribution in [3.05, 3.63) is 71.3 Å². The summed E-state index contributed by atoms with van der Waals surface area (Å²) in [6.45, 7) is 0.465. The molecule has 1 amide bonds. The minimum absolute atomic E-state index is 0.145. The Bertz CT molecular complexity index is 718. The zero-order valence-corrected chi connectivity index (χ0v) is 13.6. The van der Waals surface area contributed by atoms with Gasteiger partial charge in [0.2, 0.25) is 5.91 Å². The van der Waals surface area contributed by atoms with Crippen LogP contribution in [0.25, 0.3) is 0 Å². The number of hydrogen-bond acceptors (Lipinski definition) is 2. The maximum absolute atomic E-state index is 13.3. The van der Waals surface area contributed by atoms with Gasteiger partial charge in [0.25, 0.3) is 0 Å². The van der Waals surface area contributed by atoms with Crippen LogP contribution in [0.5, 0.6) is 0 Å². The Labute approximate surface area is 142 Å². The second-order valence-corrected chi connectivity index (χ2v) is 6.75. The van der Waals surface area contributed by atoms with E-state index in [9.17, 15) is 18.0 Å². The number of nitrogens with zero attached hydrogens (tertiary/aromatic N) is 1. The van der Waals surface area contributed by atoms with Crippen LogP contribution in [-0.4, -0.2) is 23.1 Å². The molecule has 1 aliphatic rings. The maximum atomic E-state index is 13.3. The van der Waals surface area contributed by atoms with E-state index < -0.39 is 17.1 Å². The molecule has 3 rings (SSSR count). The standard InChI is InChI=1S/C18H16F3NOS/c19-18(20,21)15-9-5-4-8-14(15)17-22(10-11-24-17)16(23)12-13-6-2-1-3-7-13/h1-9,17H,10-12H2. The summed E-state index contributed by atoms with van der Waals surface area (Å²) in [5, 5.41) is -0.584. The quantitative estimate of drug-likeness (QED) is 0.810. The van der Waals surface area contributed by atoms with Crippen LogP contribution in [-0.2, 0) is 17.4 Å². The molecule has 1 saturated heterocycles. The Morgan fingerprint density at radius 1 is 1.08 bits per heavy atom. The highest BCUT2D eigenvalue weighted by molar-refractivity contribution is 7.99. The van der Waals surface area contributed by atoms with Crippen molar-refractivity contribution in [2.45, 2.75) is 18.0 Å². The molecular weight excluding hydrogens is 335 g/mol. The monoisotopic (exact) mass is 351 g/mol. The fourth-order valence-corrected chi connectivity index (χ4v) is 4.14. The molecule has 1 heterocycles. The normalized spacial score (nSPS) is 18.0. The summed E-state index contributed by atoms with van der Waals surface area (Å²) in [4.78, 5) is 14.1. The first-order valence-electron chi connectivity index (χ1n) is 7.58. The second kappa shape index (κ2) is 6.89. The lowest BCUT2D eigenvalue weighted by molar-refractivity contribution is -0.139. The van der Waals surface area contributed by atoms with Crippen LogP contribution in [0.1, 0.15) is 22.1 Å². The van der Waals surface area contributed by atoms with E-state index in [1.165, 1.54) is 23.9 Å². The molecule has 1 atom stereocenters. The van der Waals surface area contributed by atoms with Gasteiger partial charge in [-0.25, -0.2) is 0 Å². The Kier molecular flexibility index (Phi) is 4.85. The van der Waals surface area contributed by atoms with Crippen molar-refractivity contribution >= 4 is 17.7 Å². The molecule has 2 aromatic rings. The lowest BCUT2D eigenvalue weighted by Crippen LogP contribution is -2.32. The van der Waals surface area contributed by atoms with E-state index in [1.807, 2.05) is 30.3 Å². The molecule has 0 spiro atoms. The number of amides is 1. The topological polar surface area (TPSA) is 20.3 Å². The van der Waals surface area contributed by atoms with E-state index >= 15 is 0 Å². The van der Waals surface area contributed by atoms with Gasteiger partial charge in [-0.2, -0.15) is 13.2 Å². The van der Waals surface area contributed by atoms with Crippen LogP contribution >= 0.6 is 11.8 Å². The Balaban J connectivity index is 1.85. The molecule has 0 N–H and O–H groups in total. The predicted octanol–water partition coefficient (Wildman–Crippen LogP) is 4.52. The number of carbonyl (C=O) groups is 1. The molecular formula is C18H16F3NOS. The SMILES string of the molecule is O=C(Cc1ccccc1)N1CCSC1c1ccccc1C(F)(F)F. The fourth-order valence-electron chi connectivity index (χ4n) is 2.83. The summed E-state index contributed by atoms with van der Waals surface area (Å²) < 4.78 is 39.8. The van der Waals surface area contributed by atoms with Gasteiger partial charge in [0.1, 0.15) is 5.37 Å². The summed E-state index contributed by atoms with van der Waals surface area (Å²) in [7, 11) is 0. The highest BCUT2D eigenvalue weighted by Crippen LogP contribution is 2.43. The van der Waals surface area contributed by atoms with Gasteiger partial charge in [-0.1, -0.05) is 48.5 Å². The number of rotatable bonds is 3. The molecule has 1 fully saturated rings. The first-order valence-corrected chi connectivity index (χ1v) is 8.63. The van der Waals surface area contributed by atoms with Gasteiger partial charge in [0.15, 0.2) is 0 Å². The fraction of sp³-hybridized carbons (Fsp3) is 0.278. The number of alkyl halides is 3. The van der Waals surface area contributed by atoms with Gasteiger partial charge in [0, 0.05) is 12.3 Å². The number of hydrogen-bond donors (Lipinski definition) is 0. The maximum Gasteiger partial charge on any atom is 0.416 e. The minimum Gasteiger partial charge on any atom is -0.325 e. The zero-order chi connectivity index (χ0) is 17.2. The molecule has 0 aromatic heterocycles. The molecule has 0 aliphatic carbocycles. The van der Waals surface area contributed by atoms with Crippen molar-refractivity contribution in [3.8, 4) is 0 Å². The lowest BCUT2D eigenvalue weighted by Gasteiger charge is -2.26. The van der Waals surface area contributed by atoms with Gasteiger partial charge in [-0.3, -0.25) is 4.79 Å². The number of carbonyl (C=O) groups excluding carboxylic acids is 1. The molecule has 2 nitrogen and oxygen atoms in total. The molecule has 1 unspecified atom stereocenters. The van der Waals surface area contributed by atoms with Gasteiger partial charge < -0.3 is 4.90 Å². The van der Waals surface area contributed by atoms with Crippen LogP contribution in [0.15, 0.2) is 54.6 Å². The molecule has 2 aromatic carbocycles. The predicted molar refractivity (Wildman–Crippen MR) is 88.5 cm³/mol. The minimum atomic E-state index is -4.42. The van der Waals surface area contributed by atoms with Crippen LogP contribution in [0.4, 0.5) is 13.2 Å². The van der Waals surface area contributed by atoms with E-state index in [0.717, 1.165) is 11.6 Å². The average Bonchev–Trinajstić information content (AvgIpc) is 3.04. The Hall–Kier alpha value is -1.95. The molecule has 0 saturated carbocycles. The van der Waals surface area contributed by atoms with Crippen LogP contribution < -0.4 is 0 Å². The van der Waals surface area contributed by atoms with Crippen molar-refractivity contribution in [2.75, 3.05) is 12.3 Å². The van der Waals surface area contributed by atoms with Crippen molar-refractivity contribution in [3.63, 3.8) is 0 Å². The van der Waals surface area contributed by atoms with Crippen molar-refractivity contribution in [1.82, 2.24) is 4.90 Å². The van der Waals surface area contributed by atoms with E-state index in [4.69, 9.17) is 0 Å². The van der Waals surface area contributed by atoms with Gasteiger partial charge in [0.05, 0.1) is 12.0 Å². The van der Waals surface area contributed by atoms with Gasteiger partial charge in [-0.15, -0.1) is 11.8 Å². The highest BCUT2D eigenvalue weighted by Gasteiger charge is 2.39. The smallest absolute Gasteiger partial charge is 0.325 e. The molecule has 24 heavy (non-hydrogen) atoms. The molecule has 6 heteroatoms. The lowest BCUT2D eigenvalue weighted by atomic mass is 10.1. The van der Waals surface area contributed by atoms with Crippen molar-refractivity contribution < 1.29 is 18.0 Å². The summed E-state index contributed by atoms with van der Waals surface area (Å²) >= 11 is 1.38. The third-order valence-electron chi connectivity index (χ3n) is 3.94. The van der Waals surface area contributed by atoms with E-state index in [0.29, 0.717) is 12.3 Å². The number of halogens is 3. The van der Waals surface area contributed by atoms with Crippen molar-refractivity contribution in [2.24, 2.45) is 0 Å². The molecule has 0 bridgehead atoms. The molecule has 1 aliphatic heterocycles. The number of benzene rings is 2. The van der Waals surface area contributed by atoms with E-state index in [2.05, 4.69) is 0 Å². The summed E-state index contributed by atoms with van der Waals surface area (Å²) in [6.07, 6.45) is -4.22.